The largest absolute Gasteiger partial charge is 0.392 e. The molecule has 4 nitrogen and oxygen atoms in total. The van der Waals surface area contributed by atoms with Gasteiger partial charge in [-0.1, -0.05) is 32.0 Å². The highest BCUT2D eigenvalue weighted by Crippen LogP contribution is 2.04. The number of carbonyl (C=O) groups is 1. The van der Waals surface area contributed by atoms with E-state index in [9.17, 15) is 9.90 Å². The number of amides is 1. The van der Waals surface area contributed by atoms with Gasteiger partial charge in [0.25, 0.3) is 0 Å². The fourth-order valence-corrected chi connectivity index (χ4v) is 1.30. The summed E-state index contributed by atoms with van der Waals surface area (Å²) in [4.78, 5) is 11.5. The van der Waals surface area contributed by atoms with Crippen LogP contribution in [0.4, 0.5) is 5.69 Å². The number of benzene rings is 1. The van der Waals surface area contributed by atoms with Crippen LogP contribution in [0.15, 0.2) is 30.3 Å². The summed E-state index contributed by atoms with van der Waals surface area (Å²) in [5.74, 6) is 0.0897. The van der Waals surface area contributed by atoms with Crippen LogP contribution in [-0.4, -0.2) is 30.2 Å². The molecule has 1 atom stereocenters. The Labute approximate surface area is 102 Å². The molecule has 17 heavy (non-hydrogen) atoms. The lowest BCUT2D eigenvalue weighted by Crippen LogP contribution is -2.35. The van der Waals surface area contributed by atoms with Gasteiger partial charge < -0.3 is 15.7 Å². The van der Waals surface area contributed by atoms with E-state index in [4.69, 9.17) is 0 Å². The van der Waals surface area contributed by atoms with E-state index in [2.05, 4.69) is 10.6 Å². The average molecular weight is 236 g/mol. The predicted molar refractivity (Wildman–Crippen MR) is 68.8 cm³/mol. The number of nitrogens with one attached hydrogen (secondary N) is 2. The third-order valence-electron chi connectivity index (χ3n) is 2.47. The lowest BCUT2D eigenvalue weighted by Gasteiger charge is -2.14. The minimum Gasteiger partial charge on any atom is -0.392 e. The molecule has 0 aromatic heterocycles. The van der Waals surface area contributed by atoms with Crippen LogP contribution in [0.3, 0.4) is 0 Å². The van der Waals surface area contributed by atoms with Crippen molar-refractivity contribution in [2.75, 3.05) is 18.4 Å². The first-order chi connectivity index (χ1) is 8.09. The zero-order valence-electron chi connectivity index (χ0n) is 10.3. The van der Waals surface area contributed by atoms with Crippen LogP contribution >= 0.6 is 0 Å². The van der Waals surface area contributed by atoms with Gasteiger partial charge in [0.2, 0.25) is 5.91 Å². The molecule has 1 aromatic carbocycles. The maximum atomic E-state index is 11.5. The van der Waals surface area contributed by atoms with E-state index >= 15 is 0 Å². The minimum atomic E-state index is -0.417. The number of hydrogen-bond acceptors (Lipinski definition) is 3. The molecular weight excluding hydrogens is 216 g/mol. The van der Waals surface area contributed by atoms with E-state index in [-0.39, 0.29) is 18.4 Å². The molecule has 0 heterocycles. The summed E-state index contributed by atoms with van der Waals surface area (Å²) in [7, 11) is 0. The second kappa shape index (κ2) is 7.04. The fraction of sp³-hybridized carbons (Fsp3) is 0.462. The molecule has 0 spiro atoms. The number of rotatable bonds is 6. The lowest BCUT2D eigenvalue weighted by molar-refractivity contribution is -0.115. The highest BCUT2D eigenvalue weighted by molar-refractivity contribution is 5.92. The first-order valence-corrected chi connectivity index (χ1v) is 5.83. The van der Waals surface area contributed by atoms with Crippen molar-refractivity contribution in [2.24, 2.45) is 5.92 Å². The molecule has 0 saturated heterocycles. The van der Waals surface area contributed by atoms with Gasteiger partial charge in [0.05, 0.1) is 12.6 Å². The first kappa shape index (κ1) is 13.7. The third kappa shape index (κ3) is 5.47. The van der Waals surface area contributed by atoms with Crippen LogP contribution in [0.2, 0.25) is 0 Å². The van der Waals surface area contributed by atoms with E-state index in [1.54, 1.807) is 0 Å². The van der Waals surface area contributed by atoms with Crippen molar-refractivity contribution in [3.63, 3.8) is 0 Å². The van der Waals surface area contributed by atoms with E-state index in [0.29, 0.717) is 6.54 Å². The molecule has 0 aliphatic carbocycles. The van der Waals surface area contributed by atoms with Gasteiger partial charge in [0, 0.05) is 12.2 Å². The topological polar surface area (TPSA) is 61.4 Å². The number of anilines is 1. The van der Waals surface area contributed by atoms with E-state index in [0.717, 1.165) is 5.69 Å². The summed E-state index contributed by atoms with van der Waals surface area (Å²) in [5, 5.41) is 15.2. The number of carbonyl (C=O) groups excluding carboxylic acids is 1. The monoisotopic (exact) mass is 236 g/mol. The predicted octanol–water partition coefficient (Wildman–Crippen LogP) is 1.23. The van der Waals surface area contributed by atoms with E-state index in [1.165, 1.54) is 0 Å². The standard InChI is InChI=1S/C13H20N2O2/c1-10(2)12(16)8-14-9-13(17)15-11-6-4-3-5-7-11/h3-7,10,12,14,16H,8-9H2,1-2H3,(H,15,17). The Hall–Kier alpha value is -1.39. The van der Waals surface area contributed by atoms with Crippen molar-refractivity contribution in [1.82, 2.24) is 5.32 Å². The minimum absolute atomic E-state index is 0.104. The molecule has 1 unspecified atom stereocenters. The molecule has 0 fully saturated rings. The molecule has 0 bridgehead atoms. The van der Waals surface area contributed by atoms with Crippen LogP contribution < -0.4 is 10.6 Å². The Bertz CT molecular complexity index is 339. The number of para-hydroxylation sites is 1. The third-order valence-corrected chi connectivity index (χ3v) is 2.47. The van der Waals surface area contributed by atoms with Crippen LogP contribution in [0.5, 0.6) is 0 Å². The van der Waals surface area contributed by atoms with Crippen LogP contribution in [-0.2, 0) is 4.79 Å². The highest BCUT2D eigenvalue weighted by Gasteiger charge is 2.09. The Morgan fingerprint density at radius 3 is 2.53 bits per heavy atom. The van der Waals surface area contributed by atoms with Gasteiger partial charge >= 0.3 is 0 Å². The van der Waals surface area contributed by atoms with E-state index in [1.807, 2.05) is 44.2 Å². The second-order valence-electron chi connectivity index (χ2n) is 4.36. The molecule has 1 amide bonds. The molecule has 0 aliphatic rings. The molecule has 0 radical (unpaired) electrons. The lowest BCUT2D eigenvalue weighted by atomic mass is 10.1. The number of aliphatic hydroxyl groups is 1. The van der Waals surface area contributed by atoms with Crippen molar-refractivity contribution in [3.8, 4) is 0 Å². The maximum absolute atomic E-state index is 11.5. The summed E-state index contributed by atoms with van der Waals surface area (Å²) >= 11 is 0. The van der Waals surface area contributed by atoms with Crippen LogP contribution in [0.1, 0.15) is 13.8 Å². The molecule has 1 aromatic rings. The van der Waals surface area contributed by atoms with Gasteiger partial charge in [-0.25, -0.2) is 0 Å². The molecule has 4 heteroatoms. The SMILES string of the molecule is CC(C)C(O)CNCC(=O)Nc1ccccc1. The van der Waals surface area contributed by atoms with Crippen molar-refractivity contribution in [3.05, 3.63) is 30.3 Å². The Morgan fingerprint density at radius 1 is 1.29 bits per heavy atom. The Kier molecular flexibility index (Phi) is 5.66. The Morgan fingerprint density at radius 2 is 1.94 bits per heavy atom. The van der Waals surface area contributed by atoms with Crippen LogP contribution in [0, 0.1) is 5.92 Å². The van der Waals surface area contributed by atoms with Crippen molar-refractivity contribution in [2.45, 2.75) is 20.0 Å². The second-order valence-corrected chi connectivity index (χ2v) is 4.36. The van der Waals surface area contributed by atoms with Gasteiger partial charge in [0.1, 0.15) is 0 Å². The summed E-state index contributed by atoms with van der Waals surface area (Å²) < 4.78 is 0. The van der Waals surface area contributed by atoms with Crippen LogP contribution in [0.25, 0.3) is 0 Å². The molecule has 3 N–H and O–H groups in total. The van der Waals surface area contributed by atoms with Crippen molar-refractivity contribution in [1.29, 1.82) is 0 Å². The van der Waals surface area contributed by atoms with Crippen molar-refractivity contribution < 1.29 is 9.90 Å². The summed E-state index contributed by atoms with van der Waals surface area (Å²) in [6.45, 7) is 4.52. The molecule has 0 saturated carbocycles. The quantitative estimate of drug-likeness (QED) is 0.696. The van der Waals surface area contributed by atoms with Gasteiger partial charge in [-0.05, 0) is 18.1 Å². The number of aliphatic hydroxyl groups excluding tert-OH is 1. The molecule has 1 rings (SSSR count). The Balaban J connectivity index is 2.22. The van der Waals surface area contributed by atoms with Crippen molar-refractivity contribution >= 4 is 11.6 Å². The smallest absolute Gasteiger partial charge is 0.238 e. The zero-order chi connectivity index (χ0) is 12.7. The first-order valence-electron chi connectivity index (χ1n) is 5.83. The fourth-order valence-electron chi connectivity index (χ4n) is 1.30. The summed E-state index contributed by atoms with van der Waals surface area (Å²) in [5.41, 5.74) is 0.781. The zero-order valence-corrected chi connectivity index (χ0v) is 10.3. The number of hydrogen-bond donors (Lipinski definition) is 3. The molecular formula is C13H20N2O2. The van der Waals surface area contributed by atoms with Gasteiger partial charge in [0.15, 0.2) is 0 Å². The molecule has 0 aliphatic heterocycles. The van der Waals surface area contributed by atoms with E-state index < -0.39 is 6.10 Å². The highest BCUT2D eigenvalue weighted by atomic mass is 16.3. The average Bonchev–Trinajstić information content (AvgIpc) is 2.30. The van der Waals surface area contributed by atoms with Gasteiger partial charge in [-0.15, -0.1) is 0 Å². The maximum Gasteiger partial charge on any atom is 0.238 e. The molecule has 94 valence electrons. The van der Waals surface area contributed by atoms with Gasteiger partial charge in [-0.3, -0.25) is 4.79 Å². The summed E-state index contributed by atoms with van der Waals surface area (Å²) in [6, 6.07) is 9.30. The normalized spacial score (nSPS) is 12.5. The summed E-state index contributed by atoms with van der Waals surface area (Å²) in [6.07, 6.45) is -0.417. The van der Waals surface area contributed by atoms with Gasteiger partial charge in [-0.2, -0.15) is 0 Å².